The minimum Gasteiger partial charge on any atom is -0.507 e. The number of methoxy groups -OCH3 is 1. The smallest absolute Gasteiger partial charge is 0.140 e. The molecule has 0 bridgehead atoms. The van der Waals surface area contributed by atoms with Crippen LogP contribution in [0.25, 0.3) is 0 Å². The standard InChI is InChI=1S/C21H29FN2O2/c1-6-8-9-10-15(3)21(24-12-11-16(4)23-7-2)20-18(22)13-17(26-5)14-19(20)25/h8-11,13-14,23,25H,6-7,12H2,1-5H3/b9-8-,15-10+,16-11+,24-21?. The van der Waals surface area contributed by atoms with Crippen LogP contribution in [0.15, 0.2) is 52.7 Å². The van der Waals surface area contributed by atoms with Gasteiger partial charge in [0.2, 0.25) is 0 Å². The zero-order valence-electron chi connectivity index (χ0n) is 16.3. The summed E-state index contributed by atoms with van der Waals surface area (Å²) in [6, 6.07) is 2.64. The van der Waals surface area contributed by atoms with Gasteiger partial charge in [0.05, 0.1) is 24.9 Å². The normalized spacial score (nSPS) is 13.4. The van der Waals surface area contributed by atoms with Gasteiger partial charge in [-0.1, -0.05) is 25.2 Å². The first-order chi connectivity index (χ1) is 12.4. The van der Waals surface area contributed by atoms with Crippen molar-refractivity contribution in [1.29, 1.82) is 0 Å². The van der Waals surface area contributed by atoms with Crippen molar-refractivity contribution in [3.8, 4) is 11.5 Å². The lowest BCUT2D eigenvalue weighted by molar-refractivity contribution is 0.402. The maximum absolute atomic E-state index is 14.6. The van der Waals surface area contributed by atoms with Gasteiger partial charge in [-0.25, -0.2) is 4.39 Å². The van der Waals surface area contributed by atoms with E-state index in [1.165, 1.54) is 19.2 Å². The molecule has 5 heteroatoms. The summed E-state index contributed by atoms with van der Waals surface area (Å²) in [5.74, 6) is -0.501. The fraction of sp³-hybridized carbons (Fsp3) is 0.381. The van der Waals surface area contributed by atoms with Gasteiger partial charge in [0.25, 0.3) is 0 Å². The van der Waals surface area contributed by atoms with Crippen LogP contribution in [0.4, 0.5) is 4.39 Å². The number of phenolic OH excluding ortho intramolecular Hbond substituents is 1. The summed E-state index contributed by atoms with van der Waals surface area (Å²) in [5, 5.41) is 13.5. The van der Waals surface area contributed by atoms with Crippen LogP contribution in [0.1, 0.15) is 39.7 Å². The molecule has 0 saturated carbocycles. The quantitative estimate of drug-likeness (QED) is 0.493. The molecular weight excluding hydrogens is 331 g/mol. The Morgan fingerprint density at radius 1 is 1.31 bits per heavy atom. The number of benzene rings is 1. The molecule has 0 aliphatic carbocycles. The van der Waals surface area contributed by atoms with E-state index in [1.807, 2.05) is 52.0 Å². The van der Waals surface area contributed by atoms with Crippen molar-refractivity contribution in [2.45, 2.75) is 34.1 Å². The van der Waals surface area contributed by atoms with Crippen molar-refractivity contribution in [2.24, 2.45) is 4.99 Å². The van der Waals surface area contributed by atoms with E-state index < -0.39 is 5.82 Å². The Morgan fingerprint density at radius 3 is 2.62 bits per heavy atom. The van der Waals surface area contributed by atoms with Crippen molar-refractivity contribution in [3.05, 3.63) is 59.1 Å². The van der Waals surface area contributed by atoms with Crippen LogP contribution in [0.2, 0.25) is 0 Å². The van der Waals surface area contributed by atoms with E-state index in [4.69, 9.17) is 4.74 Å². The van der Waals surface area contributed by atoms with Crippen LogP contribution in [0, 0.1) is 5.82 Å². The lowest BCUT2D eigenvalue weighted by Crippen LogP contribution is -2.10. The number of phenols is 1. The van der Waals surface area contributed by atoms with E-state index in [1.54, 1.807) is 0 Å². The lowest BCUT2D eigenvalue weighted by Gasteiger charge is -2.12. The molecule has 2 N–H and O–H groups in total. The van der Waals surface area contributed by atoms with Gasteiger partial charge in [0.15, 0.2) is 0 Å². The Balaban J connectivity index is 3.35. The maximum Gasteiger partial charge on any atom is 0.140 e. The Hall–Kier alpha value is -2.56. The second-order valence-corrected chi connectivity index (χ2v) is 5.80. The van der Waals surface area contributed by atoms with Crippen molar-refractivity contribution in [2.75, 3.05) is 20.2 Å². The topological polar surface area (TPSA) is 53.9 Å². The van der Waals surface area contributed by atoms with E-state index in [0.717, 1.165) is 24.2 Å². The second kappa shape index (κ2) is 11.1. The summed E-state index contributed by atoms with van der Waals surface area (Å²) >= 11 is 0. The molecular formula is C21H29FN2O2. The number of hydrogen-bond acceptors (Lipinski definition) is 4. The average molecular weight is 360 g/mol. The molecule has 0 aliphatic rings. The number of aromatic hydroxyl groups is 1. The highest BCUT2D eigenvalue weighted by Crippen LogP contribution is 2.29. The monoisotopic (exact) mass is 360 g/mol. The van der Waals surface area contributed by atoms with Gasteiger partial charge < -0.3 is 15.2 Å². The summed E-state index contributed by atoms with van der Waals surface area (Å²) in [6.07, 6.45) is 8.61. The highest BCUT2D eigenvalue weighted by atomic mass is 19.1. The highest BCUT2D eigenvalue weighted by Gasteiger charge is 2.18. The molecule has 0 unspecified atom stereocenters. The third-order valence-corrected chi connectivity index (χ3v) is 3.71. The van der Waals surface area contributed by atoms with Crippen molar-refractivity contribution in [1.82, 2.24) is 5.32 Å². The van der Waals surface area contributed by atoms with Crippen LogP contribution >= 0.6 is 0 Å². The zero-order chi connectivity index (χ0) is 19.5. The number of rotatable bonds is 9. The number of ether oxygens (including phenoxy) is 1. The van der Waals surface area contributed by atoms with Crippen LogP contribution in [0.3, 0.4) is 0 Å². The zero-order valence-corrected chi connectivity index (χ0v) is 16.3. The minimum atomic E-state index is -0.569. The summed E-state index contributed by atoms with van der Waals surface area (Å²) in [4.78, 5) is 4.53. The third-order valence-electron chi connectivity index (χ3n) is 3.71. The number of aliphatic imine (C=N–C) groups is 1. The predicted octanol–water partition coefficient (Wildman–Crippen LogP) is 4.75. The first-order valence-electron chi connectivity index (χ1n) is 8.80. The van der Waals surface area contributed by atoms with Gasteiger partial charge in [0, 0.05) is 24.4 Å². The SMILES string of the molecule is CC/C=C\C=C(/C)C(=NC/C=C(\C)NCC)c1c(O)cc(OC)cc1F. The Morgan fingerprint density at radius 2 is 2.04 bits per heavy atom. The van der Waals surface area contributed by atoms with Crippen LogP contribution in [0.5, 0.6) is 11.5 Å². The summed E-state index contributed by atoms with van der Waals surface area (Å²) in [7, 11) is 1.43. The highest BCUT2D eigenvalue weighted by molar-refractivity contribution is 6.14. The predicted molar refractivity (Wildman–Crippen MR) is 107 cm³/mol. The average Bonchev–Trinajstić information content (AvgIpc) is 2.59. The molecule has 0 amide bonds. The first kappa shape index (κ1) is 21.5. The lowest BCUT2D eigenvalue weighted by atomic mass is 10.0. The Kier molecular flexibility index (Phi) is 9.20. The molecule has 0 fully saturated rings. The molecule has 0 radical (unpaired) electrons. The number of nitrogens with zero attached hydrogens (tertiary/aromatic N) is 1. The molecule has 1 rings (SSSR count). The van der Waals surface area contributed by atoms with E-state index in [9.17, 15) is 9.50 Å². The van der Waals surface area contributed by atoms with Gasteiger partial charge in [-0.05, 0) is 38.8 Å². The molecule has 0 aromatic heterocycles. The van der Waals surface area contributed by atoms with Crippen molar-refractivity contribution in [3.63, 3.8) is 0 Å². The van der Waals surface area contributed by atoms with Gasteiger partial charge in [-0.2, -0.15) is 0 Å². The number of allylic oxidation sites excluding steroid dienone is 5. The molecule has 142 valence electrons. The van der Waals surface area contributed by atoms with Crippen LogP contribution in [-0.2, 0) is 0 Å². The van der Waals surface area contributed by atoms with E-state index >= 15 is 0 Å². The summed E-state index contributed by atoms with van der Waals surface area (Å²) < 4.78 is 19.6. The van der Waals surface area contributed by atoms with Gasteiger partial charge in [-0.15, -0.1) is 0 Å². The Bertz CT molecular complexity index is 696. The number of halogens is 1. The number of hydrogen-bond donors (Lipinski definition) is 2. The van der Waals surface area contributed by atoms with E-state index in [0.29, 0.717) is 12.3 Å². The van der Waals surface area contributed by atoms with E-state index in [-0.39, 0.29) is 17.1 Å². The molecule has 1 aromatic rings. The third kappa shape index (κ3) is 6.39. The van der Waals surface area contributed by atoms with Gasteiger partial charge >= 0.3 is 0 Å². The molecule has 0 saturated heterocycles. The Labute approximate surface area is 155 Å². The minimum absolute atomic E-state index is 0.0824. The van der Waals surface area contributed by atoms with Gasteiger partial charge in [-0.3, -0.25) is 4.99 Å². The van der Waals surface area contributed by atoms with E-state index in [2.05, 4.69) is 10.3 Å². The molecule has 0 spiro atoms. The largest absolute Gasteiger partial charge is 0.507 e. The molecule has 1 aromatic carbocycles. The van der Waals surface area contributed by atoms with Crippen molar-refractivity contribution < 1.29 is 14.2 Å². The number of nitrogens with one attached hydrogen (secondary N) is 1. The summed E-state index contributed by atoms with van der Waals surface area (Å²) in [5.41, 5.74) is 2.27. The van der Waals surface area contributed by atoms with Crippen molar-refractivity contribution >= 4 is 5.71 Å². The summed E-state index contributed by atoms with van der Waals surface area (Å²) in [6.45, 7) is 9.07. The molecule has 4 nitrogen and oxygen atoms in total. The fourth-order valence-electron chi connectivity index (χ4n) is 2.37. The van der Waals surface area contributed by atoms with Crippen LogP contribution < -0.4 is 10.1 Å². The molecule has 0 heterocycles. The first-order valence-corrected chi connectivity index (χ1v) is 8.80. The molecule has 0 atom stereocenters. The fourth-order valence-corrected chi connectivity index (χ4v) is 2.37. The maximum atomic E-state index is 14.6. The van der Waals surface area contributed by atoms with Gasteiger partial charge in [0.1, 0.15) is 17.3 Å². The van der Waals surface area contributed by atoms with Crippen LogP contribution in [-0.4, -0.2) is 31.0 Å². The second-order valence-electron chi connectivity index (χ2n) is 5.80. The molecule has 0 aliphatic heterocycles. The molecule has 26 heavy (non-hydrogen) atoms.